The fourth-order valence-corrected chi connectivity index (χ4v) is 1.99. The summed E-state index contributed by atoms with van der Waals surface area (Å²) in [4.78, 5) is 11.1. The van der Waals surface area contributed by atoms with Crippen LogP contribution in [-0.2, 0) is 4.79 Å². The molecule has 1 rings (SSSR count). The van der Waals surface area contributed by atoms with E-state index in [9.17, 15) is 4.79 Å². The molecular weight excluding hydrogens is 247 g/mol. The van der Waals surface area contributed by atoms with Crippen LogP contribution in [0.4, 0.5) is 0 Å². The highest BCUT2D eigenvalue weighted by Crippen LogP contribution is 2.24. The van der Waals surface area contributed by atoms with E-state index < -0.39 is 11.9 Å². The molecule has 1 atom stereocenters. The van der Waals surface area contributed by atoms with Crippen LogP contribution in [0.3, 0.4) is 0 Å². The van der Waals surface area contributed by atoms with Crippen molar-refractivity contribution in [2.75, 3.05) is 5.88 Å². The van der Waals surface area contributed by atoms with Gasteiger partial charge in [-0.25, -0.2) is 0 Å². The Labute approximate surface area is 105 Å². The maximum absolute atomic E-state index is 11.1. The molecule has 0 bridgehead atoms. The highest BCUT2D eigenvalue weighted by atomic mass is 35.5. The van der Waals surface area contributed by atoms with Gasteiger partial charge in [0.05, 0.1) is 5.92 Å². The molecule has 0 saturated heterocycles. The monoisotopic (exact) mass is 260 g/mol. The quantitative estimate of drug-likeness (QED) is 0.622. The number of alkyl halides is 1. The zero-order chi connectivity index (χ0) is 12.0. The number of carboxylic acid groups (broad SMARTS) is 1. The molecule has 1 N–H and O–H groups in total. The van der Waals surface area contributed by atoms with E-state index in [0.717, 1.165) is 18.4 Å². The molecule has 88 valence electrons. The minimum absolute atomic E-state index is 0.484. The summed E-state index contributed by atoms with van der Waals surface area (Å²) in [5, 5.41) is 9.71. The van der Waals surface area contributed by atoms with Gasteiger partial charge in [-0.2, -0.15) is 0 Å². The lowest BCUT2D eigenvalue weighted by molar-refractivity contribution is -0.139. The molecular formula is C12H14Cl2O2. The maximum Gasteiger partial charge on any atom is 0.310 e. The van der Waals surface area contributed by atoms with Crippen molar-refractivity contribution < 1.29 is 9.90 Å². The fourth-order valence-electron chi connectivity index (χ4n) is 1.60. The van der Waals surface area contributed by atoms with Crippen LogP contribution in [0, 0.1) is 0 Å². The van der Waals surface area contributed by atoms with Crippen molar-refractivity contribution in [2.24, 2.45) is 0 Å². The average Bonchev–Trinajstić information content (AvgIpc) is 2.24. The third-order valence-electron chi connectivity index (χ3n) is 2.43. The molecule has 0 aromatic heterocycles. The molecule has 0 aliphatic heterocycles. The minimum atomic E-state index is -0.808. The number of benzene rings is 1. The first kappa shape index (κ1) is 13.3. The first-order valence-electron chi connectivity index (χ1n) is 5.19. The van der Waals surface area contributed by atoms with Gasteiger partial charge in [-0.1, -0.05) is 30.2 Å². The van der Waals surface area contributed by atoms with Gasteiger partial charge in [0.1, 0.15) is 0 Å². The van der Waals surface area contributed by atoms with Crippen molar-refractivity contribution in [3.63, 3.8) is 0 Å². The van der Waals surface area contributed by atoms with Crippen LogP contribution in [0.1, 0.15) is 30.7 Å². The standard InChI is InChI=1S/C12H14Cl2O2/c13-7-2-1-6-11(12(15)16)9-4-3-5-10(14)8-9/h3-5,8,11H,1-2,6-7H2,(H,15,16). The second kappa shape index (κ2) is 6.77. The second-order valence-corrected chi connectivity index (χ2v) is 4.44. The Bertz CT molecular complexity index is 353. The number of hydrogen-bond acceptors (Lipinski definition) is 1. The normalized spacial score (nSPS) is 12.4. The number of hydrogen-bond donors (Lipinski definition) is 1. The topological polar surface area (TPSA) is 37.3 Å². The molecule has 1 aromatic rings. The Morgan fingerprint density at radius 1 is 1.38 bits per heavy atom. The molecule has 0 aliphatic carbocycles. The SMILES string of the molecule is O=C(O)C(CCCCCl)c1cccc(Cl)c1. The first-order chi connectivity index (χ1) is 7.65. The lowest BCUT2D eigenvalue weighted by Crippen LogP contribution is -2.11. The Hall–Kier alpha value is -0.730. The Morgan fingerprint density at radius 2 is 2.12 bits per heavy atom. The van der Waals surface area contributed by atoms with Crippen LogP contribution < -0.4 is 0 Å². The summed E-state index contributed by atoms with van der Waals surface area (Å²) in [7, 11) is 0. The van der Waals surface area contributed by atoms with E-state index in [1.165, 1.54) is 0 Å². The minimum Gasteiger partial charge on any atom is -0.481 e. The number of halogens is 2. The number of rotatable bonds is 6. The molecule has 0 saturated carbocycles. The van der Waals surface area contributed by atoms with Gasteiger partial charge in [0.15, 0.2) is 0 Å². The molecule has 1 unspecified atom stereocenters. The number of carboxylic acids is 1. The van der Waals surface area contributed by atoms with Gasteiger partial charge in [0.2, 0.25) is 0 Å². The summed E-state index contributed by atoms with van der Waals surface area (Å²) in [6.45, 7) is 0. The van der Waals surface area contributed by atoms with Crippen LogP contribution >= 0.6 is 23.2 Å². The summed E-state index contributed by atoms with van der Waals surface area (Å²) in [5.74, 6) is -0.722. The number of carbonyl (C=O) groups is 1. The molecule has 2 nitrogen and oxygen atoms in total. The molecule has 0 aliphatic rings. The van der Waals surface area contributed by atoms with Gasteiger partial charge >= 0.3 is 5.97 Å². The van der Waals surface area contributed by atoms with Crippen LogP contribution in [0.25, 0.3) is 0 Å². The van der Waals surface area contributed by atoms with Crippen molar-refractivity contribution in [2.45, 2.75) is 25.2 Å². The van der Waals surface area contributed by atoms with E-state index in [1.54, 1.807) is 24.3 Å². The Morgan fingerprint density at radius 3 is 2.69 bits per heavy atom. The van der Waals surface area contributed by atoms with Gasteiger partial charge in [-0.3, -0.25) is 4.79 Å². The molecule has 0 radical (unpaired) electrons. The first-order valence-corrected chi connectivity index (χ1v) is 6.10. The van der Waals surface area contributed by atoms with Crippen LogP contribution in [-0.4, -0.2) is 17.0 Å². The summed E-state index contributed by atoms with van der Waals surface area (Å²) in [6, 6.07) is 7.02. The number of aliphatic carboxylic acids is 1. The fraction of sp³-hybridized carbons (Fsp3) is 0.417. The van der Waals surface area contributed by atoms with Gasteiger partial charge in [0.25, 0.3) is 0 Å². The summed E-state index contributed by atoms with van der Waals surface area (Å²) < 4.78 is 0. The van der Waals surface area contributed by atoms with E-state index in [-0.39, 0.29) is 0 Å². The van der Waals surface area contributed by atoms with Gasteiger partial charge in [-0.05, 0) is 30.5 Å². The largest absolute Gasteiger partial charge is 0.481 e. The number of unbranched alkanes of at least 4 members (excludes halogenated alkanes) is 1. The lowest BCUT2D eigenvalue weighted by Gasteiger charge is -2.12. The summed E-state index contributed by atoms with van der Waals surface area (Å²) in [5.41, 5.74) is 0.759. The second-order valence-electron chi connectivity index (χ2n) is 3.63. The zero-order valence-corrected chi connectivity index (χ0v) is 10.3. The molecule has 16 heavy (non-hydrogen) atoms. The van der Waals surface area contributed by atoms with Crippen LogP contribution in [0.2, 0.25) is 5.02 Å². The third kappa shape index (κ3) is 4.03. The maximum atomic E-state index is 11.1. The van der Waals surface area contributed by atoms with E-state index in [0.29, 0.717) is 17.3 Å². The Balaban J connectivity index is 2.73. The van der Waals surface area contributed by atoms with Crippen molar-refractivity contribution in [1.29, 1.82) is 0 Å². The van der Waals surface area contributed by atoms with E-state index in [2.05, 4.69) is 0 Å². The highest BCUT2D eigenvalue weighted by molar-refractivity contribution is 6.30. The summed E-state index contributed by atoms with van der Waals surface area (Å²) in [6.07, 6.45) is 2.25. The van der Waals surface area contributed by atoms with Crippen molar-refractivity contribution in [3.05, 3.63) is 34.9 Å². The predicted molar refractivity (Wildman–Crippen MR) is 66.4 cm³/mol. The van der Waals surface area contributed by atoms with E-state index in [1.807, 2.05) is 0 Å². The van der Waals surface area contributed by atoms with Crippen LogP contribution in [0.5, 0.6) is 0 Å². The lowest BCUT2D eigenvalue weighted by atomic mass is 9.94. The molecule has 0 amide bonds. The molecule has 4 heteroatoms. The van der Waals surface area contributed by atoms with E-state index in [4.69, 9.17) is 28.3 Å². The van der Waals surface area contributed by atoms with Crippen molar-refractivity contribution in [3.8, 4) is 0 Å². The van der Waals surface area contributed by atoms with E-state index >= 15 is 0 Å². The molecule has 0 spiro atoms. The smallest absolute Gasteiger partial charge is 0.310 e. The summed E-state index contributed by atoms with van der Waals surface area (Å²) >= 11 is 11.4. The van der Waals surface area contributed by atoms with Crippen LogP contribution in [0.15, 0.2) is 24.3 Å². The zero-order valence-electron chi connectivity index (χ0n) is 8.83. The molecule has 1 aromatic carbocycles. The average molecular weight is 261 g/mol. The molecule has 0 heterocycles. The molecule has 0 fully saturated rings. The van der Waals surface area contributed by atoms with Gasteiger partial charge in [-0.15, -0.1) is 11.6 Å². The Kier molecular flexibility index (Phi) is 5.64. The van der Waals surface area contributed by atoms with Gasteiger partial charge in [0, 0.05) is 10.9 Å². The predicted octanol–water partition coefficient (Wildman–Crippen LogP) is 3.92. The highest BCUT2D eigenvalue weighted by Gasteiger charge is 2.19. The van der Waals surface area contributed by atoms with Gasteiger partial charge < -0.3 is 5.11 Å². The van der Waals surface area contributed by atoms with Crippen molar-refractivity contribution >= 4 is 29.2 Å². The van der Waals surface area contributed by atoms with Crippen molar-refractivity contribution in [1.82, 2.24) is 0 Å². The third-order valence-corrected chi connectivity index (χ3v) is 2.93.